The second kappa shape index (κ2) is 10.1. The Morgan fingerprint density at radius 3 is 2.50 bits per heavy atom. The summed E-state index contributed by atoms with van der Waals surface area (Å²) >= 11 is 0. The van der Waals surface area contributed by atoms with E-state index in [2.05, 4.69) is 15.5 Å². The van der Waals surface area contributed by atoms with E-state index >= 15 is 0 Å². The summed E-state index contributed by atoms with van der Waals surface area (Å²) in [6, 6.07) is 26.5. The third kappa shape index (κ3) is 4.65. The number of hydrazone groups is 1. The Kier molecular flexibility index (Phi) is 6.40. The van der Waals surface area contributed by atoms with E-state index in [1.165, 1.54) is 0 Å². The topological polar surface area (TPSA) is 90.6 Å². The van der Waals surface area contributed by atoms with E-state index in [-0.39, 0.29) is 5.69 Å². The fourth-order valence-corrected chi connectivity index (χ4v) is 3.81. The number of benzene rings is 3. The molecule has 1 amide bonds. The van der Waals surface area contributed by atoms with Gasteiger partial charge in [0.25, 0.3) is 5.91 Å². The SMILES string of the molecule is COc1ccc(-c2nn(-c3ccccc3)cc2C=NNC(=O)c2ccc3ccccc3n2)cc1OC. The number of carbonyl (C=O) groups excluding carboxylic acids is 1. The van der Waals surface area contributed by atoms with Crippen molar-refractivity contribution in [2.24, 2.45) is 5.10 Å². The molecule has 0 aliphatic carbocycles. The first-order chi connectivity index (χ1) is 17.7. The lowest BCUT2D eigenvalue weighted by atomic mass is 10.1. The summed E-state index contributed by atoms with van der Waals surface area (Å²) in [7, 11) is 3.18. The molecular formula is C28H23N5O3. The van der Waals surface area contributed by atoms with E-state index in [0.717, 1.165) is 22.2 Å². The van der Waals surface area contributed by atoms with Crippen LogP contribution in [0.5, 0.6) is 11.5 Å². The Balaban J connectivity index is 1.46. The number of ether oxygens (including phenoxy) is 2. The van der Waals surface area contributed by atoms with Gasteiger partial charge in [0.2, 0.25) is 0 Å². The molecule has 0 aliphatic rings. The highest BCUT2D eigenvalue weighted by Crippen LogP contribution is 2.33. The summed E-state index contributed by atoms with van der Waals surface area (Å²) < 4.78 is 12.6. The van der Waals surface area contributed by atoms with E-state index in [0.29, 0.717) is 22.8 Å². The van der Waals surface area contributed by atoms with Gasteiger partial charge >= 0.3 is 0 Å². The van der Waals surface area contributed by atoms with Gasteiger partial charge in [0.05, 0.1) is 31.6 Å². The lowest BCUT2D eigenvalue weighted by Gasteiger charge is -2.09. The van der Waals surface area contributed by atoms with Gasteiger partial charge < -0.3 is 9.47 Å². The molecule has 1 N–H and O–H groups in total. The highest BCUT2D eigenvalue weighted by atomic mass is 16.5. The average Bonchev–Trinajstić information content (AvgIpc) is 3.37. The summed E-state index contributed by atoms with van der Waals surface area (Å²) in [6.45, 7) is 0. The molecule has 5 rings (SSSR count). The van der Waals surface area contributed by atoms with Crippen LogP contribution >= 0.6 is 0 Å². The number of para-hydroxylation sites is 2. The van der Waals surface area contributed by atoms with Crippen LogP contribution in [-0.2, 0) is 0 Å². The molecule has 36 heavy (non-hydrogen) atoms. The maximum Gasteiger partial charge on any atom is 0.289 e. The maximum atomic E-state index is 12.7. The zero-order valence-corrected chi connectivity index (χ0v) is 19.8. The first-order valence-corrected chi connectivity index (χ1v) is 11.2. The van der Waals surface area contributed by atoms with Gasteiger partial charge in [0.15, 0.2) is 11.5 Å². The number of pyridine rings is 1. The molecule has 0 spiro atoms. The van der Waals surface area contributed by atoms with Crippen molar-refractivity contribution in [3.8, 4) is 28.4 Å². The van der Waals surface area contributed by atoms with Crippen LogP contribution in [0.25, 0.3) is 27.8 Å². The number of nitrogens with one attached hydrogen (secondary N) is 1. The first kappa shape index (κ1) is 22.8. The minimum absolute atomic E-state index is 0.283. The fraction of sp³-hybridized carbons (Fsp3) is 0.0714. The van der Waals surface area contributed by atoms with Gasteiger partial charge in [-0.25, -0.2) is 15.1 Å². The highest BCUT2D eigenvalue weighted by molar-refractivity contribution is 5.96. The van der Waals surface area contributed by atoms with Gasteiger partial charge in [-0.15, -0.1) is 0 Å². The van der Waals surface area contributed by atoms with Crippen LogP contribution in [0.2, 0.25) is 0 Å². The lowest BCUT2D eigenvalue weighted by Crippen LogP contribution is -2.18. The van der Waals surface area contributed by atoms with Crippen molar-refractivity contribution in [3.05, 3.63) is 102 Å². The van der Waals surface area contributed by atoms with Gasteiger partial charge in [-0.2, -0.15) is 10.2 Å². The Bertz CT molecular complexity index is 1560. The zero-order chi connectivity index (χ0) is 24.9. The van der Waals surface area contributed by atoms with E-state index in [4.69, 9.17) is 14.6 Å². The molecule has 8 heteroatoms. The third-order valence-corrected chi connectivity index (χ3v) is 5.62. The number of hydrogen-bond acceptors (Lipinski definition) is 6. The quantitative estimate of drug-likeness (QED) is 0.267. The van der Waals surface area contributed by atoms with Gasteiger partial charge in [0, 0.05) is 22.7 Å². The van der Waals surface area contributed by atoms with Gasteiger partial charge in [-0.05, 0) is 42.5 Å². The number of methoxy groups -OCH3 is 2. The van der Waals surface area contributed by atoms with E-state index < -0.39 is 5.91 Å². The summed E-state index contributed by atoms with van der Waals surface area (Å²) in [4.78, 5) is 17.1. The predicted molar refractivity (Wildman–Crippen MR) is 139 cm³/mol. The van der Waals surface area contributed by atoms with Crippen molar-refractivity contribution in [1.29, 1.82) is 0 Å². The number of rotatable bonds is 7. The molecule has 0 bridgehead atoms. The van der Waals surface area contributed by atoms with E-state index in [1.807, 2.05) is 85.1 Å². The minimum atomic E-state index is -0.403. The molecule has 2 heterocycles. The van der Waals surface area contributed by atoms with Crippen LogP contribution in [0.4, 0.5) is 0 Å². The van der Waals surface area contributed by atoms with Gasteiger partial charge in [-0.1, -0.05) is 42.5 Å². The maximum absolute atomic E-state index is 12.7. The molecule has 0 radical (unpaired) electrons. The number of fused-ring (bicyclic) bond motifs is 1. The Labute approximate surface area is 207 Å². The highest BCUT2D eigenvalue weighted by Gasteiger charge is 2.14. The van der Waals surface area contributed by atoms with E-state index in [1.54, 1.807) is 31.2 Å². The molecule has 5 aromatic rings. The second-order valence-electron chi connectivity index (χ2n) is 7.87. The van der Waals surface area contributed by atoms with E-state index in [9.17, 15) is 4.79 Å². The third-order valence-electron chi connectivity index (χ3n) is 5.62. The molecule has 0 atom stereocenters. The molecule has 0 unspecified atom stereocenters. The van der Waals surface area contributed by atoms with Crippen molar-refractivity contribution in [1.82, 2.24) is 20.2 Å². The molecule has 2 aromatic heterocycles. The summed E-state index contributed by atoms with van der Waals surface area (Å²) in [5.41, 5.74) is 6.67. The molecule has 0 saturated heterocycles. The first-order valence-electron chi connectivity index (χ1n) is 11.2. The lowest BCUT2D eigenvalue weighted by molar-refractivity contribution is 0.0950. The standard InChI is InChI=1S/C28H23N5O3/c1-35-25-15-13-20(16-26(25)36-2)27-21(18-33(32-27)22-9-4-3-5-10-22)17-29-31-28(34)24-14-12-19-8-6-7-11-23(19)30-24/h3-18H,1-2H3,(H,31,34). The predicted octanol–water partition coefficient (Wildman–Crippen LogP) is 4.87. The summed E-state index contributed by atoms with van der Waals surface area (Å²) in [6.07, 6.45) is 3.42. The molecule has 3 aromatic carbocycles. The Morgan fingerprint density at radius 2 is 1.69 bits per heavy atom. The summed E-state index contributed by atoms with van der Waals surface area (Å²) in [5, 5.41) is 9.93. The number of hydrogen-bond donors (Lipinski definition) is 1. The van der Waals surface area contributed by atoms with Crippen molar-refractivity contribution in [2.45, 2.75) is 0 Å². The number of carbonyl (C=O) groups is 1. The second-order valence-corrected chi connectivity index (χ2v) is 7.87. The Hall–Kier alpha value is -4.98. The monoisotopic (exact) mass is 477 g/mol. The van der Waals surface area contributed by atoms with Crippen LogP contribution in [0.3, 0.4) is 0 Å². The van der Waals surface area contributed by atoms with Crippen molar-refractivity contribution >= 4 is 23.0 Å². The zero-order valence-electron chi connectivity index (χ0n) is 19.8. The molecule has 178 valence electrons. The van der Waals surface area contributed by atoms with Crippen molar-refractivity contribution in [3.63, 3.8) is 0 Å². The van der Waals surface area contributed by atoms with Crippen LogP contribution in [0.1, 0.15) is 16.1 Å². The van der Waals surface area contributed by atoms with Gasteiger partial charge in [-0.3, -0.25) is 4.79 Å². The molecule has 0 aliphatic heterocycles. The molecular weight excluding hydrogens is 454 g/mol. The number of amides is 1. The van der Waals surface area contributed by atoms with Gasteiger partial charge in [0.1, 0.15) is 11.4 Å². The Morgan fingerprint density at radius 1 is 0.917 bits per heavy atom. The average molecular weight is 478 g/mol. The number of aromatic nitrogens is 3. The molecule has 0 fully saturated rings. The van der Waals surface area contributed by atoms with Crippen LogP contribution in [0.15, 0.2) is 96.2 Å². The largest absolute Gasteiger partial charge is 0.493 e. The van der Waals surface area contributed by atoms with Crippen molar-refractivity contribution < 1.29 is 14.3 Å². The minimum Gasteiger partial charge on any atom is -0.493 e. The molecule has 0 saturated carbocycles. The fourth-order valence-electron chi connectivity index (χ4n) is 3.81. The van der Waals surface area contributed by atoms with Crippen LogP contribution < -0.4 is 14.9 Å². The number of nitrogens with zero attached hydrogens (tertiary/aromatic N) is 4. The molecule has 8 nitrogen and oxygen atoms in total. The van der Waals surface area contributed by atoms with Crippen molar-refractivity contribution in [2.75, 3.05) is 14.2 Å². The smallest absolute Gasteiger partial charge is 0.289 e. The summed E-state index contributed by atoms with van der Waals surface area (Å²) in [5.74, 6) is 0.803. The van der Waals surface area contributed by atoms with Crippen LogP contribution in [0, 0.1) is 0 Å². The normalized spacial score (nSPS) is 11.1. The van der Waals surface area contributed by atoms with Crippen LogP contribution in [-0.4, -0.2) is 41.1 Å².